The molecular formula is C13H9ClF3N3O. The number of aromatic nitrogens is 1. The molecule has 1 amide bonds. The van der Waals surface area contributed by atoms with Gasteiger partial charge in [-0.05, 0) is 30.3 Å². The van der Waals surface area contributed by atoms with Crippen molar-refractivity contribution in [3.63, 3.8) is 0 Å². The van der Waals surface area contributed by atoms with Crippen LogP contribution in [0.2, 0.25) is 5.02 Å². The first-order valence-electron chi connectivity index (χ1n) is 5.67. The molecule has 0 spiro atoms. The lowest BCUT2D eigenvalue weighted by molar-refractivity contribution is -0.137. The van der Waals surface area contributed by atoms with Crippen molar-refractivity contribution >= 4 is 28.9 Å². The van der Waals surface area contributed by atoms with Gasteiger partial charge in [0.2, 0.25) is 0 Å². The zero-order valence-electron chi connectivity index (χ0n) is 10.4. The number of hydrogen-bond donors (Lipinski definition) is 2. The molecule has 0 bridgehead atoms. The van der Waals surface area contributed by atoms with Crippen LogP contribution in [0.3, 0.4) is 0 Å². The van der Waals surface area contributed by atoms with E-state index in [0.29, 0.717) is 5.69 Å². The normalized spacial score (nSPS) is 11.2. The van der Waals surface area contributed by atoms with Crippen LogP contribution in [0, 0.1) is 0 Å². The van der Waals surface area contributed by atoms with Crippen molar-refractivity contribution in [1.82, 2.24) is 4.98 Å². The highest BCUT2D eigenvalue weighted by molar-refractivity contribution is 6.31. The summed E-state index contributed by atoms with van der Waals surface area (Å²) in [6, 6.07) is 5.89. The van der Waals surface area contributed by atoms with Crippen LogP contribution >= 0.6 is 11.6 Å². The number of halogens is 4. The average Bonchev–Trinajstić information content (AvgIpc) is 2.39. The minimum absolute atomic E-state index is 0.00138. The second-order valence-corrected chi connectivity index (χ2v) is 4.53. The Bertz CT molecular complexity index is 689. The number of alkyl halides is 3. The average molecular weight is 316 g/mol. The molecule has 0 atom stereocenters. The summed E-state index contributed by atoms with van der Waals surface area (Å²) in [6.45, 7) is 0. The van der Waals surface area contributed by atoms with E-state index in [4.69, 9.17) is 17.3 Å². The fourth-order valence-corrected chi connectivity index (χ4v) is 1.81. The minimum Gasteiger partial charge on any atom is -0.399 e. The molecule has 8 heteroatoms. The van der Waals surface area contributed by atoms with E-state index in [-0.39, 0.29) is 11.4 Å². The molecule has 4 nitrogen and oxygen atoms in total. The van der Waals surface area contributed by atoms with Gasteiger partial charge in [0, 0.05) is 17.6 Å². The summed E-state index contributed by atoms with van der Waals surface area (Å²) in [4.78, 5) is 15.7. The summed E-state index contributed by atoms with van der Waals surface area (Å²) >= 11 is 5.49. The lowest BCUT2D eigenvalue weighted by Crippen LogP contribution is -2.15. The Labute approximate surface area is 122 Å². The first-order valence-corrected chi connectivity index (χ1v) is 6.05. The number of nitrogens with one attached hydrogen (secondary N) is 1. The van der Waals surface area contributed by atoms with E-state index in [0.717, 1.165) is 12.1 Å². The van der Waals surface area contributed by atoms with Crippen molar-refractivity contribution in [3.8, 4) is 0 Å². The Hall–Kier alpha value is -2.28. The first-order chi connectivity index (χ1) is 9.77. The number of amides is 1. The molecule has 1 heterocycles. The van der Waals surface area contributed by atoms with Gasteiger partial charge in [0.1, 0.15) is 5.69 Å². The van der Waals surface area contributed by atoms with Crippen molar-refractivity contribution in [2.75, 3.05) is 11.1 Å². The maximum absolute atomic E-state index is 12.7. The highest BCUT2D eigenvalue weighted by atomic mass is 35.5. The highest BCUT2D eigenvalue weighted by Gasteiger charge is 2.33. The van der Waals surface area contributed by atoms with Crippen molar-refractivity contribution in [1.29, 1.82) is 0 Å². The Kier molecular flexibility index (Phi) is 4.04. The topological polar surface area (TPSA) is 68.0 Å². The molecule has 1 aromatic heterocycles. The van der Waals surface area contributed by atoms with Crippen LogP contribution in [0.25, 0.3) is 0 Å². The Morgan fingerprint density at radius 3 is 2.57 bits per heavy atom. The maximum atomic E-state index is 12.7. The van der Waals surface area contributed by atoms with E-state index >= 15 is 0 Å². The molecule has 2 rings (SSSR count). The van der Waals surface area contributed by atoms with Gasteiger partial charge in [-0.15, -0.1) is 0 Å². The fraction of sp³-hybridized carbons (Fsp3) is 0.0769. The van der Waals surface area contributed by atoms with Crippen molar-refractivity contribution < 1.29 is 18.0 Å². The van der Waals surface area contributed by atoms with Crippen LogP contribution in [0.15, 0.2) is 36.5 Å². The zero-order valence-corrected chi connectivity index (χ0v) is 11.2. The van der Waals surface area contributed by atoms with Crippen LogP contribution in [0.1, 0.15) is 16.1 Å². The summed E-state index contributed by atoms with van der Waals surface area (Å²) in [5, 5.41) is 1.87. The van der Waals surface area contributed by atoms with Crippen molar-refractivity contribution in [3.05, 3.63) is 52.8 Å². The van der Waals surface area contributed by atoms with E-state index in [1.165, 1.54) is 24.4 Å². The monoisotopic (exact) mass is 315 g/mol. The quantitative estimate of drug-likeness (QED) is 0.890. The number of rotatable bonds is 2. The molecule has 0 fully saturated rings. The summed E-state index contributed by atoms with van der Waals surface area (Å²) < 4.78 is 38.1. The molecule has 110 valence electrons. The second-order valence-electron chi connectivity index (χ2n) is 4.12. The number of benzene rings is 1. The van der Waals surface area contributed by atoms with Gasteiger partial charge < -0.3 is 11.1 Å². The molecule has 0 radical (unpaired) electrons. The van der Waals surface area contributed by atoms with Gasteiger partial charge in [-0.2, -0.15) is 13.2 Å². The smallest absolute Gasteiger partial charge is 0.399 e. The van der Waals surface area contributed by atoms with E-state index < -0.39 is 22.7 Å². The molecule has 1 aromatic carbocycles. The summed E-state index contributed by atoms with van der Waals surface area (Å²) in [5.74, 6) is -0.669. The third-order valence-electron chi connectivity index (χ3n) is 2.55. The Morgan fingerprint density at radius 1 is 1.24 bits per heavy atom. The molecular weight excluding hydrogens is 307 g/mol. The molecule has 2 aromatic rings. The number of anilines is 2. The van der Waals surface area contributed by atoms with Gasteiger partial charge in [-0.25, -0.2) is 0 Å². The fourth-order valence-electron chi connectivity index (χ4n) is 1.59. The predicted octanol–water partition coefficient (Wildman–Crippen LogP) is 3.59. The number of hydrogen-bond acceptors (Lipinski definition) is 3. The van der Waals surface area contributed by atoms with Crippen LogP contribution in [0.4, 0.5) is 24.5 Å². The first kappa shape index (κ1) is 15.1. The number of nitrogens with zero attached hydrogens (tertiary/aromatic N) is 1. The predicted molar refractivity (Wildman–Crippen MR) is 73.1 cm³/mol. The molecule has 0 saturated heterocycles. The van der Waals surface area contributed by atoms with Gasteiger partial charge in [0.05, 0.1) is 10.6 Å². The SMILES string of the molecule is Nc1ccnc(C(=O)Nc2ccc(Cl)c(C(F)(F)F)c2)c1. The van der Waals surface area contributed by atoms with Crippen molar-refractivity contribution in [2.45, 2.75) is 6.18 Å². The zero-order chi connectivity index (χ0) is 15.6. The lowest BCUT2D eigenvalue weighted by atomic mass is 10.2. The second kappa shape index (κ2) is 5.61. The molecule has 0 aliphatic rings. The summed E-state index contributed by atoms with van der Waals surface area (Å²) in [6.07, 6.45) is -3.28. The van der Waals surface area contributed by atoms with Gasteiger partial charge in [0.15, 0.2) is 0 Å². The van der Waals surface area contributed by atoms with Gasteiger partial charge in [-0.1, -0.05) is 11.6 Å². The van der Waals surface area contributed by atoms with Crippen LogP contribution in [0.5, 0.6) is 0 Å². The van der Waals surface area contributed by atoms with E-state index in [1.54, 1.807) is 0 Å². The van der Waals surface area contributed by atoms with E-state index in [9.17, 15) is 18.0 Å². The Balaban J connectivity index is 2.26. The van der Waals surface area contributed by atoms with E-state index in [2.05, 4.69) is 10.3 Å². The molecule has 21 heavy (non-hydrogen) atoms. The number of pyridine rings is 1. The molecule has 0 aliphatic heterocycles. The van der Waals surface area contributed by atoms with Crippen LogP contribution in [-0.2, 0) is 6.18 Å². The lowest BCUT2D eigenvalue weighted by Gasteiger charge is -2.11. The number of nitrogens with two attached hydrogens (primary N) is 1. The van der Waals surface area contributed by atoms with Crippen LogP contribution in [-0.4, -0.2) is 10.9 Å². The highest BCUT2D eigenvalue weighted by Crippen LogP contribution is 2.36. The largest absolute Gasteiger partial charge is 0.417 e. The molecule has 0 saturated carbocycles. The number of carbonyl (C=O) groups is 1. The number of carbonyl (C=O) groups excluding carboxylic acids is 1. The molecule has 0 aliphatic carbocycles. The summed E-state index contributed by atoms with van der Waals surface area (Å²) in [7, 11) is 0. The number of nitrogen functional groups attached to an aromatic ring is 1. The molecule has 0 unspecified atom stereocenters. The van der Waals surface area contributed by atoms with Crippen molar-refractivity contribution in [2.24, 2.45) is 0 Å². The van der Waals surface area contributed by atoms with Gasteiger partial charge >= 0.3 is 6.18 Å². The van der Waals surface area contributed by atoms with E-state index in [1.807, 2.05) is 0 Å². The standard InChI is InChI=1S/C13H9ClF3N3O/c14-10-2-1-8(6-9(10)13(15,16)17)20-12(21)11-5-7(18)3-4-19-11/h1-6H,(H2,18,19)(H,20,21). The maximum Gasteiger partial charge on any atom is 0.417 e. The van der Waals surface area contributed by atoms with Gasteiger partial charge in [0.25, 0.3) is 5.91 Å². The Morgan fingerprint density at radius 2 is 1.95 bits per heavy atom. The van der Waals surface area contributed by atoms with Crippen LogP contribution < -0.4 is 11.1 Å². The van der Waals surface area contributed by atoms with Gasteiger partial charge in [-0.3, -0.25) is 9.78 Å². The summed E-state index contributed by atoms with van der Waals surface area (Å²) in [5.41, 5.74) is 4.76. The molecule has 3 N–H and O–H groups in total. The third-order valence-corrected chi connectivity index (χ3v) is 2.88. The minimum atomic E-state index is -4.60. The third kappa shape index (κ3) is 3.63.